The van der Waals surface area contributed by atoms with Crippen LogP contribution < -0.4 is 4.74 Å². The molecule has 0 saturated heterocycles. The first-order chi connectivity index (χ1) is 12.2. The van der Waals surface area contributed by atoms with Crippen LogP contribution in [-0.4, -0.2) is 34.0 Å². The second-order valence-electron chi connectivity index (χ2n) is 4.78. The van der Waals surface area contributed by atoms with Crippen LogP contribution in [0.2, 0.25) is 0 Å². The molecule has 134 valence electrons. The van der Waals surface area contributed by atoms with E-state index in [4.69, 9.17) is 4.74 Å². The molecule has 0 fully saturated rings. The first-order valence-corrected chi connectivity index (χ1v) is 6.81. The van der Waals surface area contributed by atoms with Gasteiger partial charge in [0.1, 0.15) is 0 Å². The summed E-state index contributed by atoms with van der Waals surface area (Å²) in [6.07, 6.45) is 0. The number of nitrogens with zero attached hydrogens (tertiary/aromatic N) is 2. The average Bonchev–Trinajstić information content (AvgIpc) is 2.60. The summed E-state index contributed by atoms with van der Waals surface area (Å²) >= 11 is 0. The molecule has 26 heavy (non-hydrogen) atoms. The third-order valence-corrected chi connectivity index (χ3v) is 3.19. The molecule has 0 atom stereocenters. The highest BCUT2D eigenvalue weighted by atomic mass is 16.6. The van der Waals surface area contributed by atoms with Gasteiger partial charge in [-0.25, -0.2) is 9.59 Å². The number of carbonyl (C=O) groups is 2. The van der Waals surface area contributed by atoms with Crippen LogP contribution in [0.3, 0.4) is 0 Å². The third kappa shape index (κ3) is 3.72. The number of methoxy groups -OCH3 is 1. The molecular formula is C15H10N2O9. The molecule has 0 radical (unpaired) electrons. The van der Waals surface area contributed by atoms with E-state index < -0.39 is 44.7 Å². The quantitative estimate of drug-likeness (QED) is 0.364. The largest absolute Gasteiger partial charge is 0.502 e. The first kappa shape index (κ1) is 18.3. The van der Waals surface area contributed by atoms with Crippen molar-refractivity contribution >= 4 is 23.3 Å². The van der Waals surface area contributed by atoms with Crippen LogP contribution in [0.4, 0.5) is 11.4 Å². The van der Waals surface area contributed by atoms with Gasteiger partial charge in [0.15, 0.2) is 5.75 Å². The maximum atomic E-state index is 12.1. The minimum absolute atomic E-state index is 0.0903. The highest BCUT2D eigenvalue weighted by molar-refractivity contribution is 5.94. The van der Waals surface area contributed by atoms with Crippen molar-refractivity contribution in [1.82, 2.24) is 0 Å². The van der Waals surface area contributed by atoms with Crippen LogP contribution in [0.15, 0.2) is 36.4 Å². The summed E-state index contributed by atoms with van der Waals surface area (Å²) in [5.74, 6) is -3.23. The summed E-state index contributed by atoms with van der Waals surface area (Å²) in [4.78, 5) is 43.7. The molecule has 0 aromatic heterocycles. The Morgan fingerprint density at radius 1 is 0.923 bits per heavy atom. The van der Waals surface area contributed by atoms with Crippen LogP contribution in [0.1, 0.15) is 20.7 Å². The number of benzene rings is 2. The van der Waals surface area contributed by atoms with Crippen LogP contribution in [0.25, 0.3) is 0 Å². The molecule has 0 heterocycles. The molecule has 0 amide bonds. The standard InChI is InChI=1S/C15H10N2O9/c1-25-14(19)9-3-5-11(17(23)24)13(7-9)26-15(20)8-2-4-10(16(21)22)12(18)6-8/h2-7,18H,1H3. The van der Waals surface area contributed by atoms with Crippen molar-refractivity contribution in [2.45, 2.75) is 0 Å². The maximum absolute atomic E-state index is 12.1. The number of esters is 2. The van der Waals surface area contributed by atoms with E-state index in [1.54, 1.807) is 0 Å². The van der Waals surface area contributed by atoms with Gasteiger partial charge in [0.05, 0.1) is 28.1 Å². The Kier molecular flexibility index (Phi) is 5.11. The number of rotatable bonds is 5. The lowest BCUT2D eigenvalue weighted by atomic mass is 10.1. The van der Waals surface area contributed by atoms with Gasteiger partial charge in [0.25, 0.3) is 0 Å². The zero-order chi connectivity index (χ0) is 19.4. The number of ether oxygens (including phenoxy) is 2. The number of phenols is 1. The molecule has 0 aliphatic rings. The average molecular weight is 362 g/mol. The van der Waals surface area contributed by atoms with Crippen molar-refractivity contribution < 1.29 is 34.0 Å². The topological polar surface area (TPSA) is 159 Å². The summed E-state index contributed by atoms with van der Waals surface area (Å²) in [6.45, 7) is 0. The Morgan fingerprint density at radius 2 is 1.46 bits per heavy atom. The number of phenolic OH excluding ortho intramolecular Hbond substituents is 1. The van der Waals surface area contributed by atoms with Crippen molar-refractivity contribution in [2.24, 2.45) is 0 Å². The molecule has 11 nitrogen and oxygen atoms in total. The molecule has 0 saturated carbocycles. The smallest absolute Gasteiger partial charge is 0.343 e. The van der Waals surface area contributed by atoms with Crippen molar-refractivity contribution in [3.05, 3.63) is 67.8 Å². The fourth-order valence-electron chi connectivity index (χ4n) is 1.96. The Hall–Kier alpha value is -4.02. The lowest BCUT2D eigenvalue weighted by molar-refractivity contribution is -0.386. The van der Waals surface area contributed by atoms with Gasteiger partial charge >= 0.3 is 23.3 Å². The van der Waals surface area contributed by atoms with Gasteiger partial charge in [-0.2, -0.15) is 0 Å². The Labute approximate surface area is 144 Å². The van der Waals surface area contributed by atoms with Crippen LogP contribution in [0.5, 0.6) is 11.5 Å². The summed E-state index contributed by atoms with van der Waals surface area (Å²) < 4.78 is 9.40. The van der Waals surface area contributed by atoms with Gasteiger partial charge in [-0.05, 0) is 12.1 Å². The molecule has 11 heteroatoms. The van der Waals surface area contributed by atoms with E-state index >= 15 is 0 Å². The monoisotopic (exact) mass is 362 g/mol. The van der Waals surface area contributed by atoms with Crippen LogP contribution >= 0.6 is 0 Å². The van der Waals surface area contributed by atoms with E-state index in [1.165, 1.54) is 0 Å². The summed E-state index contributed by atoms with van der Waals surface area (Å²) in [6, 6.07) is 5.71. The number of nitro groups is 2. The molecule has 0 bridgehead atoms. The predicted molar refractivity (Wildman–Crippen MR) is 84.2 cm³/mol. The Bertz CT molecular complexity index is 923. The minimum atomic E-state index is -1.12. The van der Waals surface area contributed by atoms with Gasteiger partial charge in [-0.3, -0.25) is 20.2 Å². The molecule has 0 aliphatic carbocycles. The number of hydrogen-bond donors (Lipinski definition) is 1. The van der Waals surface area contributed by atoms with E-state index in [0.29, 0.717) is 0 Å². The number of carbonyl (C=O) groups excluding carboxylic acids is 2. The highest BCUT2D eigenvalue weighted by Crippen LogP contribution is 2.31. The van der Waals surface area contributed by atoms with E-state index in [2.05, 4.69) is 4.74 Å². The van der Waals surface area contributed by atoms with Gasteiger partial charge in [0.2, 0.25) is 5.75 Å². The molecule has 1 N–H and O–H groups in total. The van der Waals surface area contributed by atoms with E-state index in [0.717, 1.165) is 43.5 Å². The maximum Gasteiger partial charge on any atom is 0.343 e. The van der Waals surface area contributed by atoms with Crippen LogP contribution in [0, 0.1) is 20.2 Å². The minimum Gasteiger partial charge on any atom is -0.502 e. The van der Waals surface area contributed by atoms with Gasteiger partial charge < -0.3 is 14.6 Å². The normalized spacial score (nSPS) is 10.0. The third-order valence-electron chi connectivity index (χ3n) is 3.19. The number of nitro benzene ring substituents is 2. The van der Waals surface area contributed by atoms with Crippen molar-refractivity contribution in [1.29, 1.82) is 0 Å². The number of aromatic hydroxyl groups is 1. The first-order valence-electron chi connectivity index (χ1n) is 6.81. The zero-order valence-corrected chi connectivity index (χ0v) is 13.1. The van der Waals surface area contributed by atoms with Gasteiger partial charge in [-0.15, -0.1) is 0 Å². The van der Waals surface area contributed by atoms with E-state index in [-0.39, 0.29) is 11.1 Å². The number of hydrogen-bond acceptors (Lipinski definition) is 9. The highest BCUT2D eigenvalue weighted by Gasteiger charge is 2.23. The second-order valence-corrected chi connectivity index (χ2v) is 4.78. The second kappa shape index (κ2) is 7.25. The lowest BCUT2D eigenvalue weighted by Gasteiger charge is -2.07. The van der Waals surface area contributed by atoms with E-state index in [9.17, 15) is 34.9 Å². The predicted octanol–water partition coefficient (Wildman–Crippen LogP) is 2.21. The molecule has 0 aliphatic heterocycles. The van der Waals surface area contributed by atoms with Crippen molar-refractivity contribution in [3.63, 3.8) is 0 Å². The fraction of sp³-hybridized carbons (Fsp3) is 0.0667. The van der Waals surface area contributed by atoms with E-state index in [1.807, 2.05) is 0 Å². The SMILES string of the molecule is COC(=O)c1ccc([N+](=O)[O-])c(OC(=O)c2ccc([N+](=O)[O-])c(O)c2)c1. The molecular weight excluding hydrogens is 352 g/mol. The molecule has 0 unspecified atom stereocenters. The van der Waals surface area contributed by atoms with Gasteiger partial charge in [-0.1, -0.05) is 0 Å². The summed E-state index contributed by atoms with van der Waals surface area (Å²) in [5.41, 5.74) is -1.59. The molecule has 0 spiro atoms. The van der Waals surface area contributed by atoms with Gasteiger partial charge in [0, 0.05) is 24.3 Å². The van der Waals surface area contributed by atoms with Crippen LogP contribution in [-0.2, 0) is 4.74 Å². The summed E-state index contributed by atoms with van der Waals surface area (Å²) in [5, 5.41) is 31.3. The zero-order valence-electron chi connectivity index (χ0n) is 13.1. The molecule has 2 aromatic carbocycles. The van der Waals surface area contributed by atoms with Crippen molar-refractivity contribution in [2.75, 3.05) is 7.11 Å². The van der Waals surface area contributed by atoms with Crippen molar-refractivity contribution in [3.8, 4) is 11.5 Å². The molecule has 2 rings (SSSR count). The summed E-state index contributed by atoms with van der Waals surface area (Å²) in [7, 11) is 1.11. The Balaban J connectivity index is 2.38. The lowest BCUT2D eigenvalue weighted by Crippen LogP contribution is -2.11. The fourth-order valence-corrected chi connectivity index (χ4v) is 1.96. The molecule has 2 aromatic rings. The Morgan fingerprint density at radius 3 is 1.96 bits per heavy atom.